The summed E-state index contributed by atoms with van der Waals surface area (Å²) in [5.41, 5.74) is 4.69. The third-order valence-corrected chi connectivity index (χ3v) is 7.13. The molecule has 2 aromatic heterocycles. The summed E-state index contributed by atoms with van der Waals surface area (Å²) in [6.45, 7) is 9.42. The Morgan fingerprint density at radius 2 is 1.79 bits per heavy atom. The molecule has 0 saturated heterocycles. The van der Waals surface area contributed by atoms with E-state index < -0.39 is 5.76 Å². The van der Waals surface area contributed by atoms with Crippen LogP contribution in [0.2, 0.25) is 0 Å². The Balaban J connectivity index is 1.69. The first kappa shape index (κ1) is 28.2. The van der Waals surface area contributed by atoms with Gasteiger partial charge in [0.05, 0.1) is 17.8 Å². The molecule has 0 atom stereocenters. The Kier molecular flexibility index (Phi) is 8.91. The highest BCUT2D eigenvalue weighted by molar-refractivity contribution is 7.80. The molecule has 0 fully saturated rings. The molecule has 0 bridgehead atoms. The molecule has 0 amide bonds. The second-order valence-electron chi connectivity index (χ2n) is 10.2. The Morgan fingerprint density at radius 1 is 1.10 bits per heavy atom. The lowest BCUT2D eigenvalue weighted by Gasteiger charge is -2.24. The van der Waals surface area contributed by atoms with Gasteiger partial charge in [0.25, 0.3) is 5.56 Å². The average molecular weight is 546 g/mol. The van der Waals surface area contributed by atoms with Crippen LogP contribution in [0.3, 0.4) is 0 Å². The smallest absolute Gasteiger partial charge is 0.365 e. The van der Waals surface area contributed by atoms with E-state index in [-0.39, 0.29) is 5.56 Å². The maximum Gasteiger partial charge on any atom is 0.439 e. The fourth-order valence-electron chi connectivity index (χ4n) is 4.73. The predicted molar refractivity (Wildman–Crippen MR) is 158 cm³/mol. The van der Waals surface area contributed by atoms with Crippen molar-refractivity contribution in [2.45, 2.75) is 53.5 Å². The topological polar surface area (TPSA) is 97.0 Å². The standard InChI is InChI=1S/C30H35N5O3S/c1-6-7-12-25-31-20(4)26(29(39)34(5)17-19(2)3)28(36)35(25)18-21-13-15-22(16-14-21)23-10-8-9-11-24(23)27-32-30(37)38-33-27/h8-11,13-16,19H,6-7,12,17-18H2,1-5H3,(H,32,33,37). The maximum absolute atomic E-state index is 13.9. The molecule has 4 rings (SSSR count). The molecule has 1 N–H and O–H groups in total. The van der Waals surface area contributed by atoms with Gasteiger partial charge in [0, 0.05) is 25.6 Å². The van der Waals surface area contributed by atoms with Crippen molar-refractivity contribution >= 4 is 17.2 Å². The van der Waals surface area contributed by atoms with Crippen molar-refractivity contribution < 1.29 is 4.52 Å². The normalized spacial score (nSPS) is 11.2. The summed E-state index contributed by atoms with van der Waals surface area (Å²) in [6, 6.07) is 15.7. The van der Waals surface area contributed by atoms with Crippen molar-refractivity contribution in [1.82, 2.24) is 24.6 Å². The molecular weight excluding hydrogens is 510 g/mol. The van der Waals surface area contributed by atoms with Crippen LogP contribution in [0, 0.1) is 12.8 Å². The number of aryl methyl sites for hydroxylation is 2. The van der Waals surface area contributed by atoms with Crippen LogP contribution < -0.4 is 11.3 Å². The molecule has 0 aliphatic rings. The van der Waals surface area contributed by atoms with Crippen molar-refractivity contribution in [3.63, 3.8) is 0 Å². The second kappa shape index (κ2) is 12.3. The summed E-state index contributed by atoms with van der Waals surface area (Å²) in [5.74, 6) is 0.978. The van der Waals surface area contributed by atoms with E-state index >= 15 is 0 Å². The molecule has 0 spiro atoms. The second-order valence-corrected chi connectivity index (χ2v) is 10.6. The Morgan fingerprint density at radius 3 is 2.41 bits per heavy atom. The van der Waals surface area contributed by atoms with Gasteiger partial charge in [-0.3, -0.25) is 18.9 Å². The van der Waals surface area contributed by atoms with Crippen LogP contribution in [0.1, 0.15) is 56.3 Å². The minimum absolute atomic E-state index is 0.0985. The third kappa shape index (κ3) is 6.42. The van der Waals surface area contributed by atoms with Gasteiger partial charge in [-0.25, -0.2) is 9.78 Å². The molecule has 39 heavy (non-hydrogen) atoms. The van der Waals surface area contributed by atoms with E-state index in [1.807, 2.05) is 67.4 Å². The molecular formula is C30H35N5O3S. The monoisotopic (exact) mass is 545 g/mol. The number of nitrogens with one attached hydrogen (secondary N) is 1. The molecule has 8 nitrogen and oxygen atoms in total. The molecule has 2 aromatic carbocycles. The van der Waals surface area contributed by atoms with Gasteiger partial charge >= 0.3 is 5.76 Å². The first-order valence-electron chi connectivity index (χ1n) is 13.3. The molecule has 0 radical (unpaired) electrons. The summed E-state index contributed by atoms with van der Waals surface area (Å²) in [4.78, 5) is 35.3. The van der Waals surface area contributed by atoms with E-state index in [1.54, 1.807) is 4.57 Å². The number of rotatable bonds is 10. The van der Waals surface area contributed by atoms with Gasteiger partial charge in [0.2, 0.25) is 0 Å². The van der Waals surface area contributed by atoms with E-state index in [2.05, 4.69) is 30.9 Å². The molecule has 9 heteroatoms. The van der Waals surface area contributed by atoms with Gasteiger partial charge in [-0.1, -0.05) is 93.1 Å². The zero-order valence-electron chi connectivity index (χ0n) is 23.2. The number of aromatic nitrogens is 4. The van der Waals surface area contributed by atoms with Gasteiger partial charge in [-0.15, -0.1) is 0 Å². The fourth-order valence-corrected chi connectivity index (χ4v) is 5.04. The number of thiocarbonyl (C=S) groups is 1. The number of hydrogen-bond acceptors (Lipinski definition) is 6. The predicted octanol–water partition coefficient (Wildman–Crippen LogP) is 5.22. The SMILES string of the molecule is CCCCc1nc(C)c(C(=S)N(C)CC(C)C)c(=O)n1Cc1ccc(-c2ccccc2-c2noc(=O)[nH]2)cc1. The zero-order chi connectivity index (χ0) is 28.1. The molecule has 4 aromatic rings. The van der Waals surface area contributed by atoms with Gasteiger partial charge in [-0.2, -0.15) is 0 Å². The lowest BCUT2D eigenvalue weighted by Crippen LogP contribution is -2.38. The van der Waals surface area contributed by atoms with Crippen LogP contribution in [0.5, 0.6) is 0 Å². The first-order chi connectivity index (χ1) is 18.7. The third-order valence-electron chi connectivity index (χ3n) is 6.61. The summed E-state index contributed by atoms with van der Waals surface area (Å²) >= 11 is 5.76. The molecule has 0 unspecified atom stereocenters. The van der Waals surface area contributed by atoms with Gasteiger partial charge in [0.1, 0.15) is 10.8 Å². The van der Waals surface area contributed by atoms with E-state index in [0.29, 0.717) is 34.5 Å². The Labute approximate surface area is 233 Å². The highest BCUT2D eigenvalue weighted by Crippen LogP contribution is 2.30. The van der Waals surface area contributed by atoms with Crippen molar-refractivity contribution in [3.05, 3.63) is 92.1 Å². The van der Waals surface area contributed by atoms with Crippen molar-refractivity contribution in [2.24, 2.45) is 5.92 Å². The Hall–Kier alpha value is -3.85. The van der Waals surface area contributed by atoms with Crippen molar-refractivity contribution in [3.8, 4) is 22.5 Å². The fraction of sp³-hybridized carbons (Fsp3) is 0.367. The molecule has 0 aliphatic carbocycles. The zero-order valence-corrected chi connectivity index (χ0v) is 24.0. The van der Waals surface area contributed by atoms with Crippen LogP contribution in [0.15, 0.2) is 62.6 Å². The summed E-state index contributed by atoms with van der Waals surface area (Å²) < 4.78 is 6.48. The van der Waals surface area contributed by atoms with Crippen LogP contribution >= 0.6 is 12.2 Å². The summed E-state index contributed by atoms with van der Waals surface area (Å²) in [7, 11) is 1.93. The average Bonchev–Trinajstić information content (AvgIpc) is 3.35. The van der Waals surface area contributed by atoms with Crippen LogP contribution in [0.4, 0.5) is 0 Å². The number of nitrogens with zero attached hydrogens (tertiary/aromatic N) is 4. The van der Waals surface area contributed by atoms with Crippen LogP contribution in [-0.2, 0) is 13.0 Å². The lowest BCUT2D eigenvalue weighted by molar-refractivity contribution is 0.388. The maximum atomic E-state index is 13.9. The van der Waals surface area contributed by atoms with E-state index in [9.17, 15) is 9.59 Å². The largest absolute Gasteiger partial charge is 0.439 e. The number of aromatic amines is 1. The van der Waals surface area contributed by atoms with E-state index in [1.165, 1.54) is 0 Å². The summed E-state index contributed by atoms with van der Waals surface area (Å²) in [5, 5.41) is 3.84. The van der Waals surface area contributed by atoms with E-state index in [4.69, 9.17) is 21.7 Å². The molecule has 0 saturated carbocycles. The molecule has 2 heterocycles. The minimum atomic E-state index is -0.597. The van der Waals surface area contributed by atoms with Gasteiger partial charge < -0.3 is 4.90 Å². The van der Waals surface area contributed by atoms with Gasteiger partial charge in [-0.05, 0) is 36.0 Å². The molecule has 0 aliphatic heterocycles. The number of benzene rings is 2. The number of hydrogen-bond donors (Lipinski definition) is 1. The number of H-pyrrole nitrogens is 1. The number of unbranched alkanes of at least 4 members (excludes halogenated alkanes) is 1. The van der Waals surface area contributed by atoms with Crippen molar-refractivity contribution in [1.29, 1.82) is 0 Å². The van der Waals surface area contributed by atoms with Crippen LogP contribution in [-0.4, -0.2) is 43.2 Å². The quantitative estimate of drug-likeness (QED) is 0.273. The first-order valence-corrected chi connectivity index (χ1v) is 13.7. The summed E-state index contributed by atoms with van der Waals surface area (Å²) in [6.07, 6.45) is 2.68. The Bertz CT molecular complexity index is 1570. The lowest BCUT2D eigenvalue weighted by atomic mass is 9.98. The highest BCUT2D eigenvalue weighted by Gasteiger charge is 2.21. The van der Waals surface area contributed by atoms with Gasteiger partial charge in [0.15, 0.2) is 5.82 Å². The molecule has 204 valence electrons. The minimum Gasteiger partial charge on any atom is -0.365 e. The van der Waals surface area contributed by atoms with E-state index in [0.717, 1.165) is 53.9 Å². The highest BCUT2D eigenvalue weighted by atomic mass is 32.1. The van der Waals surface area contributed by atoms with Crippen LogP contribution in [0.25, 0.3) is 22.5 Å². The van der Waals surface area contributed by atoms with Crippen molar-refractivity contribution in [2.75, 3.05) is 13.6 Å².